The number of hydrogen-bond acceptors (Lipinski definition) is 3. The summed E-state index contributed by atoms with van der Waals surface area (Å²) < 4.78 is 0. The Morgan fingerprint density at radius 2 is 2.38 bits per heavy atom. The van der Waals surface area contributed by atoms with Crippen LogP contribution in [0.5, 0.6) is 0 Å². The molecule has 0 aliphatic carbocycles. The topological polar surface area (TPSA) is 69.8 Å². The average Bonchev–Trinajstić information content (AvgIpc) is 2.85. The highest BCUT2D eigenvalue weighted by atomic mass is 35.5. The maximum absolute atomic E-state index is 12.2. The normalized spacial score (nSPS) is 21.8. The molecule has 3 N–H and O–H groups in total. The van der Waals surface area contributed by atoms with Gasteiger partial charge in [0.15, 0.2) is 0 Å². The highest BCUT2D eigenvalue weighted by Crippen LogP contribution is 2.16. The molecule has 0 radical (unpaired) electrons. The Labute approximate surface area is 130 Å². The van der Waals surface area contributed by atoms with Crippen LogP contribution >= 0.6 is 12.4 Å². The van der Waals surface area contributed by atoms with Crippen LogP contribution < -0.4 is 10.6 Å². The van der Waals surface area contributed by atoms with Crippen LogP contribution in [-0.2, 0) is 11.2 Å². The standard InChI is InChI=1S/C15H20N4O.ClH/c1-10-8-16-6-4-13(10)19-14(20)7-11-9-18-15-12(11)3-2-5-17-15;/h2-3,5,9-10,13,16H,4,6-8H2,1H3,(H,17,18)(H,19,20);1H. The minimum atomic E-state index is 0. The molecule has 2 aromatic rings. The molecule has 3 rings (SSSR count). The molecule has 0 aromatic carbocycles. The van der Waals surface area contributed by atoms with Gasteiger partial charge in [-0.05, 0) is 43.1 Å². The molecule has 3 heterocycles. The first kappa shape index (κ1) is 15.8. The molecule has 0 saturated carbocycles. The quantitative estimate of drug-likeness (QED) is 0.807. The molecule has 5 nitrogen and oxygen atoms in total. The molecule has 6 heteroatoms. The Hall–Kier alpha value is -1.59. The summed E-state index contributed by atoms with van der Waals surface area (Å²) in [5, 5.41) is 7.53. The molecule has 114 valence electrons. The molecular formula is C15H21ClN4O. The zero-order valence-corrected chi connectivity index (χ0v) is 12.9. The highest BCUT2D eigenvalue weighted by Gasteiger charge is 2.22. The van der Waals surface area contributed by atoms with Crippen LogP contribution in [0.25, 0.3) is 11.0 Å². The van der Waals surface area contributed by atoms with Crippen molar-refractivity contribution < 1.29 is 4.79 Å². The molecule has 1 saturated heterocycles. The van der Waals surface area contributed by atoms with Gasteiger partial charge in [0, 0.05) is 23.8 Å². The second-order valence-corrected chi connectivity index (χ2v) is 5.53. The summed E-state index contributed by atoms with van der Waals surface area (Å²) in [6, 6.07) is 4.17. The van der Waals surface area contributed by atoms with Gasteiger partial charge in [-0.15, -0.1) is 12.4 Å². The molecule has 21 heavy (non-hydrogen) atoms. The Morgan fingerprint density at radius 1 is 1.52 bits per heavy atom. The predicted molar refractivity (Wildman–Crippen MR) is 85.6 cm³/mol. The second-order valence-electron chi connectivity index (χ2n) is 5.53. The first-order valence-electron chi connectivity index (χ1n) is 7.15. The van der Waals surface area contributed by atoms with E-state index in [1.165, 1.54) is 0 Å². The van der Waals surface area contributed by atoms with Gasteiger partial charge in [-0.2, -0.15) is 0 Å². The van der Waals surface area contributed by atoms with Gasteiger partial charge in [-0.3, -0.25) is 4.79 Å². The third-order valence-electron chi connectivity index (χ3n) is 4.02. The van der Waals surface area contributed by atoms with Crippen molar-refractivity contribution in [3.63, 3.8) is 0 Å². The number of hydrogen-bond donors (Lipinski definition) is 3. The number of fused-ring (bicyclic) bond motifs is 1. The number of carbonyl (C=O) groups excluding carboxylic acids is 1. The predicted octanol–water partition coefficient (Wildman–Crippen LogP) is 1.64. The number of nitrogens with zero attached hydrogens (tertiary/aromatic N) is 1. The van der Waals surface area contributed by atoms with Crippen LogP contribution in [0.2, 0.25) is 0 Å². The summed E-state index contributed by atoms with van der Waals surface area (Å²) in [6.07, 6.45) is 5.03. The maximum Gasteiger partial charge on any atom is 0.224 e. The van der Waals surface area contributed by atoms with E-state index in [0.29, 0.717) is 12.3 Å². The van der Waals surface area contributed by atoms with Crippen molar-refractivity contribution in [2.24, 2.45) is 5.92 Å². The van der Waals surface area contributed by atoms with E-state index in [2.05, 4.69) is 27.5 Å². The zero-order valence-electron chi connectivity index (χ0n) is 12.1. The van der Waals surface area contributed by atoms with Gasteiger partial charge in [-0.25, -0.2) is 4.98 Å². The number of nitrogens with one attached hydrogen (secondary N) is 3. The van der Waals surface area contributed by atoms with E-state index < -0.39 is 0 Å². The largest absolute Gasteiger partial charge is 0.353 e. The highest BCUT2D eigenvalue weighted by molar-refractivity contribution is 5.87. The number of pyridine rings is 1. The molecule has 0 spiro atoms. The van der Waals surface area contributed by atoms with E-state index in [0.717, 1.165) is 36.1 Å². The summed E-state index contributed by atoms with van der Waals surface area (Å²) in [6.45, 7) is 4.13. The lowest BCUT2D eigenvalue weighted by molar-refractivity contribution is -0.121. The molecular weight excluding hydrogens is 288 g/mol. The Balaban J connectivity index is 0.00000161. The van der Waals surface area contributed by atoms with Crippen molar-refractivity contribution in [1.29, 1.82) is 0 Å². The van der Waals surface area contributed by atoms with Crippen molar-refractivity contribution in [3.05, 3.63) is 30.1 Å². The molecule has 0 bridgehead atoms. The lowest BCUT2D eigenvalue weighted by Crippen LogP contribution is -2.48. The molecule has 2 aromatic heterocycles. The van der Waals surface area contributed by atoms with Gasteiger partial charge in [-0.1, -0.05) is 6.92 Å². The second kappa shape index (κ2) is 6.91. The first-order chi connectivity index (χ1) is 9.74. The lowest BCUT2D eigenvalue weighted by atomic mass is 9.95. The summed E-state index contributed by atoms with van der Waals surface area (Å²) in [5.41, 5.74) is 1.85. The molecule has 1 aliphatic heterocycles. The minimum absolute atomic E-state index is 0. The molecule has 2 atom stereocenters. The monoisotopic (exact) mass is 308 g/mol. The molecule has 1 fully saturated rings. The summed E-state index contributed by atoms with van der Waals surface area (Å²) in [4.78, 5) is 19.5. The summed E-state index contributed by atoms with van der Waals surface area (Å²) in [7, 11) is 0. The van der Waals surface area contributed by atoms with Gasteiger partial charge in [0.05, 0.1) is 6.42 Å². The van der Waals surface area contributed by atoms with Gasteiger partial charge >= 0.3 is 0 Å². The number of H-pyrrole nitrogens is 1. The van der Waals surface area contributed by atoms with Gasteiger partial charge in [0.25, 0.3) is 0 Å². The van der Waals surface area contributed by atoms with Crippen LogP contribution in [0.3, 0.4) is 0 Å². The number of piperidine rings is 1. The number of aromatic amines is 1. The fourth-order valence-corrected chi connectivity index (χ4v) is 2.82. The number of rotatable bonds is 3. The first-order valence-corrected chi connectivity index (χ1v) is 7.15. The van der Waals surface area contributed by atoms with Crippen molar-refractivity contribution >= 4 is 29.3 Å². The number of halogens is 1. The van der Waals surface area contributed by atoms with Crippen molar-refractivity contribution in [2.75, 3.05) is 13.1 Å². The Kier molecular flexibility index (Phi) is 5.20. The Morgan fingerprint density at radius 3 is 3.19 bits per heavy atom. The number of aromatic nitrogens is 2. The maximum atomic E-state index is 12.2. The van der Waals surface area contributed by atoms with Crippen LogP contribution in [0.15, 0.2) is 24.5 Å². The van der Waals surface area contributed by atoms with Crippen LogP contribution in [0.4, 0.5) is 0 Å². The van der Waals surface area contributed by atoms with Crippen molar-refractivity contribution in [3.8, 4) is 0 Å². The molecule has 1 aliphatic rings. The van der Waals surface area contributed by atoms with E-state index in [9.17, 15) is 4.79 Å². The van der Waals surface area contributed by atoms with Crippen LogP contribution in [-0.4, -0.2) is 35.0 Å². The molecule has 2 unspecified atom stereocenters. The molecule has 1 amide bonds. The summed E-state index contributed by atoms with van der Waals surface area (Å²) in [5.74, 6) is 0.575. The van der Waals surface area contributed by atoms with E-state index in [1.807, 2.05) is 18.3 Å². The van der Waals surface area contributed by atoms with Crippen molar-refractivity contribution in [2.45, 2.75) is 25.8 Å². The fraction of sp³-hybridized carbons (Fsp3) is 0.467. The van der Waals surface area contributed by atoms with Gasteiger partial charge in [0.2, 0.25) is 5.91 Å². The van der Waals surface area contributed by atoms with E-state index in [-0.39, 0.29) is 24.4 Å². The van der Waals surface area contributed by atoms with Crippen LogP contribution in [0, 0.1) is 5.92 Å². The third-order valence-corrected chi connectivity index (χ3v) is 4.02. The average molecular weight is 309 g/mol. The van der Waals surface area contributed by atoms with Crippen molar-refractivity contribution in [1.82, 2.24) is 20.6 Å². The number of carbonyl (C=O) groups is 1. The minimum Gasteiger partial charge on any atom is -0.353 e. The van der Waals surface area contributed by atoms with E-state index in [4.69, 9.17) is 0 Å². The fourth-order valence-electron chi connectivity index (χ4n) is 2.82. The SMILES string of the molecule is CC1CNCCC1NC(=O)Cc1c[nH]c2ncccc12.Cl. The zero-order chi connectivity index (χ0) is 13.9. The lowest BCUT2D eigenvalue weighted by Gasteiger charge is -2.30. The van der Waals surface area contributed by atoms with Gasteiger partial charge in [0.1, 0.15) is 5.65 Å². The number of amides is 1. The summed E-state index contributed by atoms with van der Waals surface area (Å²) >= 11 is 0. The Bertz CT molecular complexity index is 612. The van der Waals surface area contributed by atoms with E-state index >= 15 is 0 Å². The smallest absolute Gasteiger partial charge is 0.224 e. The van der Waals surface area contributed by atoms with E-state index in [1.54, 1.807) is 6.20 Å². The third kappa shape index (κ3) is 3.54. The van der Waals surface area contributed by atoms with Crippen LogP contribution in [0.1, 0.15) is 18.9 Å². The van der Waals surface area contributed by atoms with Gasteiger partial charge < -0.3 is 15.6 Å².